The van der Waals surface area contributed by atoms with Crippen molar-refractivity contribution < 1.29 is 9.47 Å². The first-order chi connectivity index (χ1) is 8.90. The third kappa shape index (κ3) is 1.99. The van der Waals surface area contributed by atoms with E-state index in [1.807, 2.05) is 25.4 Å². The fraction of sp³-hybridized carbons (Fsp3) is 0.467. The molecule has 0 radical (unpaired) electrons. The average molecular weight is 245 g/mol. The normalized spacial score (nSPS) is 23.6. The SMILES string of the molecule is CNC(C1=COCCC1)C1COc2ccccc21. The Morgan fingerprint density at radius 2 is 2.22 bits per heavy atom. The second-order valence-corrected chi connectivity index (χ2v) is 4.89. The molecule has 0 bridgehead atoms. The molecule has 2 aliphatic heterocycles. The lowest BCUT2D eigenvalue weighted by Gasteiger charge is -2.27. The molecule has 1 aromatic carbocycles. The van der Waals surface area contributed by atoms with Gasteiger partial charge in [0.1, 0.15) is 5.75 Å². The van der Waals surface area contributed by atoms with E-state index in [1.54, 1.807) is 0 Å². The highest BCUT2D eigenvalue weighted by atomic mass is 16.5. The predicted octanol–water partition coefficient (Wildman–Crippen LogP) is 2.44. The Kier molecular flexibility index (Phi) is 3.24. The lowest BCUT2D eigenvalue weighted by atomic mass is 9.86. The van der Waals surface area contributed by atoms with Gasteiger partial charge in [0.05, 0.1) is 19.5 Å². The lowest BCUT2D eigenvalue weighted by molar-refractivity contribution is 0.215. The number of likely N-dealkylation sites (N-methyl/N-ethyl adjacent to an activating group) is 1. The Balaban J connectivity index is 1.87. The Hall–Kier alpha value is -1.48. The molecule has 1 aromatic rings. The highest BCUT2D eigenvalue weighted by Gasteiger charge is 2.32. The number of nitrogens with one attached hydrogen (secondary N) is 1. The van der Waals surface area contributed by atoms with E-state index in [4.69, 9.17) is 9.47 Å². The van der Waals surface area contributed by atoms with Crippen LogP contribution in [0.15, 0.2) is 36.1 Å². The molecule has 3 rings (SSSR count). The van der Waals surface area contributed by atoms with Gasteiger partial charge >= 0.3 is 0 Å². The van der Waals surface area contributed by atoms with Gasteiger partial charge in [0.15, 0.2) is 0 Å². The monoisotopic (exact) mass is 245 g/mol. The molecular weight excluding hydrogens is 226 g/mol. The van der Waals surface area contributed by atoms with Crippen molar-refractivity contribution in [3.8, 4) is 5.75 Å². The van der Waals surface area contributed by atoms with Crippen molar-refractivity contribution in [1.29, 1.82) is 0 Å². The van der Waals surface area contributed by atoms with Gasteiger partial charge < -0.3 is 14.8 Å². The fourth-order valence-electron chi connectivity index (χ4n) is 2.92. The third-order valence-corrected chi connectivity index (χ3v) is 3.81. The summed E-state index contributed by atoms with van der Waals surface area (Å²) in [6, 6.07) is 8.64. The van der Waals surface area contributed by atoms with Crippen molar-refractivity contribution in [2.45, 2.75) is 24.8 Å². The van der Waals surface area contributed by atoms with Crippen LogP contribution in [0.1, 0.15) is 24.3 Å². The lowest BCUT2D eigenvalue weighted by Crippen LogP contribution is -2.35. The van der Waals surface area contributed by atoms with Gasteiger partial charge in [0, 0.05) is 17.5 Å². The summed E-state index contributed by atoms with van der Waals surface area (Å²) in [5.74, 6) is 1.42. The standard InChI is InChI=1S/C15H19NO2/c1-16-15(11-5-4-8-17-9-11)13-10-18-14-7-3-2-6-12(13)14/h2-3,6-7,9,13,15-16H,4-5,8,10H2,1H3. The molecule has 18 heavy (non-hydrogen) atoms. The summed E-state index contributed by atoms with van der Waals surface area (Å²) >= 11 is 0. The molecule has 2 unspecified atom stereocenters. The molecule has 0 fully saturated rings. The summed E-state index contributed by atoms with van der Waals surface area (Å²) in [5, 5.41) is 3.43. The van der Waals surface area contributed by atoms with Gasteiger partial charge in [0.2, 0.25) is 0 Å². The van der Waals surface area contributed by atoms with E-state index in [2.05, 4.69) is 17.4 Å². The Labute approximate surface area is 108 Å². The van der Waals surface area contributed by atoms with E-state index in [9.17, 15) is 0 Å². The number of hydrogen-bond acceptors (Lipinski definition) is 3. The minimum atomic E-state index is 0.314. The second-order valence-electron chi connectivity index (χ2n) is 4.89. The van der Waals surface area contributed by atoms with Crippen LogP contribution in [-0.2, 0) is 4.74 Å². The summed E-state index contributed by atoms with van der Waals surface area (Å²) in [7, 11) is 2.01. The van der Waals surface area contributed by atoms with Crippen LogP contribution in [-0.4, -0.2) is 26.3 Å². The third-order valence-electron chi connectivity index (χ3n) is 3.81. The summed E-state index contributed by atoms with van der Waals surface area (Å²) in [6.45, 7) is 1.60. The maximum Gasteiger partial charge on any atom is 0.122 e. The minimum absolute atomic E-state index is 0.314. The van der Waals surface area contributed by atoms with Crippen LogP contribution < -0.4 is 10.1 Å². The van der Waals surface area contributed by atoms with Crippen molar-refractivity contribution in [3.05, 3.63) is 41.7 Å². The molecule has 0 amide bonds. The van der Waals surface area contributed by atoms with Gasteiger partial charge in [-0.25, -0.2) is 0 Å². The van der Waals surface area contributed by atoms with Crippen molar-refractivity contribution >= 4 is 0 Å². The first-order valence-corrected chi connectivity index (χ1v) is 6.59. The van der Waals surface area contributed by atoms with Crippen molar-refractivity contribution in [3.63, 3.8) is 0 Å². The molecule has 2 heterocycles. The summed E-state index contributed by atoms with van der Waals surface area (Å²) in [6.07, 6.45) is 4.16. The Morgan fingerprint density at radius 3 is 3.00 bits per heavy atom. The number of hydrogen-bond donors (Lipinski definition) is 1. The summed E-state index contributed by atoms with van der Waals surface area (Å²) in [5.41, 5.74) is 2.66. The van der Waals surface area contributed by atoms with Gasteiger partial charge in [-0.05, 0) is 31.5 Å². The van der Waals surface area contributed by atoms with Crippen LogP contribution in [0.3, 0.4) is 0 Å². The molecule has 0 saturated carbocycles. The largest absolute Gasteiger partial charge is 0.501 e. The summed E-state index contributed by atoms with van der Waals surface area (Å²) in [4.78, 5) is 0. The first-order valence-electron chi connectivity index (χ1n) is 6.59. The van der Waals surface area contributed by atoms with E-state index in [0.29, 0.717) is 12.0 Å². The first kappa shape index (κ1) is 11.6. The van der Waals surface area contributed by atoms with E-state index >= 15 is 0 Å². The quantitative estimate of drug-likeness (QED) is 0.887. The number of benzene rings is 1. The molecular formula is C15H19NO2. The van der Waals surface area contributed by atoms with Crippen LogP contribution in [0, 0.1) is 0 Å². The molecule has 96 valence electrons. The zero-order valence-corrected chi connectivity index (χ0v) is 10.7. The molecule has 0 aromatic heterocycles. The van der Waals surface area contributed by atoms with Gasteiger partial charge in [-0.15, -0.1) is 0 Å². The topological polar surface area (TPSA) is 30.5 Å². The molecule has 2 aliphatic rings. The fourth-order valence-corrected chi connectivity index (χ4v) is 2.92. The van der Waals surface area contributed by atoms with Crippen molar-refractivity contribution in [2.75, 3.05) is 20.3 Å². The van der Waals surface area contributed by atoms with Crippen LogP contribution in [0.25, 0.3) is 0 Å². The minimum Gasteiger partial charge on any atom is -0.501 e. The Bertz CT molecular complexity index is 456. The molecule has 1 N–H and O–H groups in total. The van der Waals surface area contributed by atoms with Crippen molar-refractivity contribution in [2.24, 2.45) is 0 Å². The number of rotatable bonds is 3. The molecule has 0 saturated heterocycles. The van der Waals surface area contributed by atoms with E-state index < -0.39 is 0 Å². The van der Waals surface area contributed by atoms with Crippen LogP contribution >= 0.6 is 0 Å². The van der Waals surface area contributed by atoms with Crippen LogP contribution in [0.5, 0.6) is 5.75 Å². The van der Waals surface area contributed by atoms with Crippen LogP contribution in [0.4, 0.5) is 0 Å². The van der Waals surface area contributed by atoms with Gasteiger partial charge in [0.25, 0.3) is 0 Å². The maximum absolute atomic E-state index is 5.78. The zero-order valence-electron chi connectivity index (χ0n) is 10.7. The van der Waals surface area contributed by atoms with E-state index in [-0.39, 0.29) is 0 Å². The molecule has 0 aliphatic carbocycles. The average Bonchev–Trinajstić information content (AvgIpc) is 2.85. The number of ether oxygens (including phenoxy) is 2. The zero-order chi connectivity index (χ0) is 12.4. The van der Waals surface area contributed by atoms with Crippen molar-refractivity contribution in [1.82, 2.24) is 5.32 Å². The highest BCUT2D eigenvalue weighted by Crippen LogP contribution is 2.38. The molecule has 0 spiro atoms. The molecule has 3 heteroatoms. The highest BCUT2D eigenvalue weighted by molar-refractivity contribution is 5.42. The van der Waals surface area contributed by atoms with Gasteiger partial charge in [-0.3, -0.25) is 0 Å². The Morgan fingerprint density at radius 1 is 1.33 bits per heavy atom. The van der Waals surface area contributed by atoms with Crippen LogP contribution in [0.2, 0.25) is 0 Å². The van der Waals surface area contributed by atoms with Gasteiger partial charge in [-0.1, -0.05) is 18.2 Å². The maximum atomic E-state index is 5.78. The molecule has 2 atom stereocenters. The smallest absolute Gasteiger partial charge is 0.122 e. The predicted molar refractivity (Wildman–Crippen MR) is 70.8 cm³/mol. The molecule has 3 nitrogen and oxygen atoms in total. The number of fused-ring (bicyclic) bond motifs is 1. The van der Waals surface area contributed by atoms with E-state index in [1.165, 1.54) is 11.1 Å². The summed E-state index contributed by atoms with van der Waals surface area (Å²) < 4.78 is 11.2. The second kappa shape index (κ2) is 5.02. The van der Waals surface area contributed by atoms with E-state index in [0.717, 1.165) is 31.8 Å². The number of para-hydroxylation sites is 1. The van der Waals surface area contributed by atoms with Gasteiger partial charge in [-0.2, -0.15) is 0 Å².